The van der Waals surface area contributed by atoms with Crippen molar-refractivity contribution in [2.24, 2.45) is 5.92 Å². The van der Waals surface area contributed by atoms with Crippen molar-refractivity contribution in [3.63, 3.8) is 0 Å². The van der Waals surface area contributed by atoms with Crippen LogP contribution in [0, 0.1) is 12.8 Å². The molecule has 3 rings (SSSR count). The minimum atomic E-state index is -1.09. The van der Waals surface area contributed by atoms with Gasteiger partial charge < -0.3 is 10.4 Å². The molecule has 1 saturated carbocycles. The summed E-state index contributed by atoms with van der Waals surface area (Å²) in [6.07, 6.45) is 0.386. The van der Waals surface area contributed by atoms with Gasteiger partial charge >= 0.3 is 0 Å². The quantitative estimate of drug-likeness (QED) is 0.843. The molecule has 0 aromatic heterocycles. The average Bonchev–Trinajstić information content (AvgIpc) is 2.56. The molecule has 0 heterocycles. The molecule has 0 aliphatic heterocycles. The van der Waals surface area contributed by atoms with Crippen LogP contribution in [-0.4, -0.2) is 22.4 Å². The van der Waals surface area contributed by atoms with Crippen LogP contribution in [0.15, 0.2) is 54.6 Å². The van der Waals surface area contributed by atoms with Crippen molar-refractivity contribution in [1.29, 1.82) is 0 Å². The molecule has 3 atom stereocenters. The molecule has 1 fully saturated rings. The standard InChI is InChI=1S/C21H23NO3/c1-14-8-6-7-11-17(14)22-20(24)19-16(15-9-4-3-5-10-15)12-21(2,25)13-18(19)23/h3-11,16,19,25H,12-13H2,1-2H3,(H,22,24). The Balaban J connectivity index is 1.92. The smallest absolute Gasteiger partial charge is 0.235 e. The highest BCUT2D eigenvalue weighted by Gasteiger charge is 2.46. The summed E-state index contributed by atoms with van der Waals surface area (Å²) in [4.78, 5) is 25.6. The summed E-state index contributed by atoms with van der Waals surface area (Å²) in [6, 6.07) is 17.0. The first-order valence-corrected chi connectivity index (χ1v) is 8.54. The number of ketones is 1. The summed E-state index contributed by atoms with van der Waals surface area (Å²) in [6.45, 7) is 3.58. The van der Waals surface area contributed by atoms with Crippen molar-refractivity contribution in [2.75, 3.05) is 5.32 Å². The normalized spacial score (nSPS) is 26.3. The van der Waals surface area contributed by atoms with Gasteiger partial charge in [0.15, 0.2) is 0 Å². The van der Waals surface area contributed by atoms with Crippen LogP contribution >= 0.6 is 0 Å². The number of carbonyl (C=O) groups excluding carboxylic acids is 2. The SMILES string of the molecule is Cc1ccccc1NC(=O)C1C(=O)CC(C)(O)CC1c1ccccc1. The highest BCUT2D eigenvalue weighted by molar-refractivity contribution is 6.09. The molecule has 1 amide bonds. The van der Waals surface area contributed by atoms with Gasteiger partial charge in [-0.1, -0.05) is 48.5 Å². The first-order chi connectivity index (χ1) is 11.9. The van der Waals surface area contributed by atoms with Crippen LogP contribution in [0.1, 0.15) is 36.8 Å². The third kappa shape index (κ3) is 3.80. The minimum absolute atomic E-state index is 0.00217. The van der Waals surface area contributed by atoms with E-state index in [1.165, 1.54) is 0 Å². The monoisotopic (exact) mass is 337 g/mol. The van der Waals surface area contributed by atoms with Gasteiger partial charge in [-0.2, -0.15) is 0 Å². The zero-order valence-electron chi connectivity index (χ0n) is 14.5. The van der Waals surface area contributed by atoms with E-state index < -0.39 is 11.5 Å². The fourth-order valence-corrected chi connectivity index (χ4v) is 3.64. The molecule has 0 saturated heterocycles. The van der Waals surface area contributed by atoms with Gasteiger partial charge in [0, 0.05) is 18.0 Å². The van der Waals surface area contributed by atoms with Crippen LogP contribution in [-0.2, 0) is 9.59 Å². The molecule has 0 radical (unpaired) electrons. The Labute approximate surface area is 147 Å². The summed E-state index contributed by atoms with van der Waals surface area (Å²) in [5.74, 6) is -1.64. The first kappa shape index (κ1) is 17.4. The summed E-state index contributed by atoms with van der Waals surface area (Å²) < 4.78 is 0. The molecule has 1 aliphatic carbocycles. The predicted molar refractivity (Wildman–Crippen MR) is 97.3 cm³/mol. The van der Waals surface area contributed by atoms with Crippen LogP contribution in [0.4, 0.5) is 5.69 Å². The lowest BCUT2D eigenvalue weighted by Crippen LogP contribution is -2.46. The van der Waals surface area contributed by atoms with E-state index in [2.05, 4.69) is 5.32 Å². The van der Waals surface area contributed by atoms with Crippen LogP contribution in [0.5, 0.6) is 0 Å². The number of amides is 1. The van der Waals surface area contributed by atoms with E-state index in [0.29, 0.717) is 12.1 Å². The fraction of sp³-hybridized carbons (Fsp3) is 0.333. The maximum Gasteiger partial charge on any atom is 0.235 e. The fourth-order valence-electron chi connectivity index (χ4n) is 3.64. The molecule has 2 aromatic carbocycles. The molecule has 4 nitrogen and oxygen atoms in total. The van der Waals surface area contributed by atoms with E-state index in [9.17, 15) is 14.7 Å². The number of carbonyl (C=O) groups is 2. The molecule has 0 spiro atoms. The number of Topliss-reactive ketones (excluding diaryl/α,β-unsaturated/α-hetero) is 1. The second-order valence-electron chi connectivity index (χ2n) is 7.14. The number of para-hydroxylation sites is 1. The Morgan fingerprint density at radius 1 is 1.12 bits per heavy atom. The molecule has 25 heavy (non-hydrogen) atoms. The average molecular weight is 337 g/mol. The number of anilines is 1. The van der Waals surface area contributed by atoms with Crippen molar-refractivity contribution in [3.05, 3.63) is 65.7 Å². The van der Waals surface area contributed by atoms with E-state index in [1.807, 2.05) is 61.5 Å². The van der Waals surface area contributed by atoms with E-state index in [1.54, 1.807) is 6.92 Å². The van der Waals surface area contributed by atoms with Crippen LogP contribution in [0.3, 0.4) is 0 Å². The Morgan fingerprint density at radius 2 is 1.76 bits per heavy atom. The minimum Gasteiger partial charge on any atom is -0.390 e. The molecule has 3 unspecified atom stereocenters. The lowest BCUT2D eigenvalue weighted by Gasteiger charge is -2.38. The molecular formula is C21H23NO3. The Morgan fingerprint density at radius 3 is 2.44 bits per heavy atom. The number of rotatable bonds is 3. The number of benzene rings is 2. The number of aliphatic hydroxyl groups is 1. The molecule has 2 aromatic rings. The third-order valence-electron chi connectivity index (χ3n) is 4.88. The lowest BCUT2D eigenvalue weighted by atomic mass is 9.68. The van der Waals surface area contributed by atoms with Crippen molar-refractivity contribution >= 4 is 17.4 Å². The van der Waals surface area contributed by atoms with Crippen LogP contribution < -0.4 is 5.32 Å². The second kappa shape index (κ2) is 6.81. The second-order valence-corrected chi connectivity index (χ2v) is 7.14. The number of aryl methyl sites for hydroxylation is 1. The molecule has 1 aliphatic rings. The van der Waals surface area contributed by atoms with Crippen LogP contribution in [0.2, 0.25) is 0 Å². The number of hydrogen-bond acceptors (Lipinski definition) is 3. The molecule has 2 N–H and O–H groups in total. The molecule has 0 bridgehead atoms. The lowest BCUT2D eigenvalue weighted by molar-refractivity contribution is -0.140. The van der Waals surface area contributed by atoms with Gasteiger partial charge in [-0.3, -0.25) is 9.59 Å². The van der Waals surface area contributed by atoms with Gasteiger partial charge in [-0.15, -0.1) is 0 Å². The van der Waals surface area contributed by atoms with E-state index >= 15 is 0 Å². The Hall–Kier alpha value is -2.46. The predicted octanol–water partition coefficient (Wildman–Crippen LogP) is 3.45. The Bertz CT molecular complexity index is 783. The van der Waals surface area contributed by atoms with Crippen molar-refractivity contribution in [3.8, 4) is 0 Å². The van der Waals surface area contributed by atoms with E-state index in [0.717, 1.165) is 11.1 Å². The van der Waals surface area contributed by atoms with Crippen LogP contribution in [0.25, 0.3) is 0 Å². The van der Waals surface area contributed by atoms with Gasteiger partial charge in [0.1, 0.15) is 11.7 Å². The first-order valence-electron chi connectivity index (χ1n) is 8.54. The highest BCUT2D eigenvalue weighted by atomic mass is 16.3. The zero-order chi connectivity index (χ0) is 18.0. The van der Waals surface area contributed by atoms with Crippen molar-refractivity contribution < 1.29 is 14.7 Å². The number of nitrogens with one attached hydrogen (secondary N) is 1. The summed E-state index contributed by atoms with van der Waals surface area (Å²) in [5, 5.41) is 13.4. The maximum atomic E-state index is 12.9. The Kier molecular flexibility index (Phi) is 4.73. The topological polar surface area (TPSA) is 66.4 Å². The summed E-state index contributed by atoms with van der Waals surface area (Å²) in [7, 11) is 0. The van der Waals surface area contributed by atoms with E-state index in [-0.39, 0.29) is 24.0 Å². The summed E-state index contributed by atoms with van der Waals surface area (Å²) in [5.41, 5.74) is 1.48. The molecule has 4 heteroatoms. The zero-order valence-corrected chi connectivity index (χ0v) is 14.5. The maximum absolute atomic E-state index is 12.9. The van der Waals surface area contributed by atoms with Gasteiger partial charge in [-0.25, -0.2) is 0 Å². The van der Waals surface area contributed by atoms with Gasteiger partial charge in [-0.05, 0) is 37.5 Å². The highest BCUT2D eigenvalue weighted by Crippen LogP contribution is 2.41. The van der Waals surface area contributed by atoms with Gasteiger partial charge in [0.05, 0.1) is 5.60 Å². The largest absolute Gasteiger partial charge is 0.390 e. The van der Waals surface area contributed by atoms with Gasteiger partial charge in [0.2, 0.25) is 5.91 Å². The van der Waals surface area contributed by atoms with Gasteiger partial charge in [0.25, 0.3) is 0 Å². The van der Waals surface area contributed by atoms with Crippen molar-refractivity contribution in [2.45, 2.75) is 38.2 Å². The molecule has 130 valence electrons. The van der Waals surface area contributed by atoms with E-state index in [4.69, 9.17) is 0 Å². The molecular weight excluding hydrogens is 314 g/mol. The van der Waals surface area contributed by atoms with Crippen molar-refractivity contribution in [1.82, 2.24) is 0 Å². The summed E-state index contributed by atoms with van der Waals surface area (Å²) >= 11 is 0. The third-order valence-corrected chi connectivity index (χ3v) is 4.88. The number of hydrogen-bond donors (Lipinski definition) is 2.